The van der Waals surface area contributed by atoms with E-state index in [1.165, 1.54) is 31.2 Å². The van der Waals surface area contributed by atoms with Crippen LogP contribution in [0.4, 0.5) is 10.1 Å². The van der Waals surface area contributed by atoms with Crippen LogP contribution in [-0.4, -0.2) is 24.6 Å². The molecule has 2 aromatic rings. The van der Waals surface area contributed by atoms with E-state index in [1.54, 1.807) is 0 Å². The third-order valence-corrected chi connectivity index (χ3v) is 3.57. The molecule has 0 spiro atoms. The van der Waals surface area contributed by atoms with Gasteiger partial charge < -0.3 is 14.8 Å². The number of hydrogen-bond acceptors (Lipinski definition) is 4. The molecular weight excluding hydrogens is 337 g/mol. The lowest BCUT2D eigenvalue weighted by atomic mass is 10.2. The van der Waals surface area contributed by atoms with Crippen LogP contribution in [-0.2, 0) is 14.3 Å². The molecule has 0 unspecified atom stereocenters. The molecule has 26 heavy (non-hydrogen) atoms. The quantitative estimate of drug-likeness (QED) is 0.574. The molecule has 0 radical (unpaired) electrons. The second-order valence-corrected chi connectivity index (χ2v) is 5.90. The Morgan fingerprint density at radius 3 is 2.58 bits per heavy atom. The Kier molecular flexibility index (Phi) is 7.14. The van der Waals surface area contributed by atoms with Crippen LogP contribution in [0.15, 0.2) is 48.5 Å². The molecule has 0 saturated heterocycles. The Morgan fingerprint density at radius 2 is 1.88 bits per heavy atom. The molecule has 6 heteroatoms. The SMILES string of the molecule is Cc1cccc(OCCCC(=O)O[C@@H](C)C(=O)Nc2ccc(F)cc2)c1. The number of amides is 1. The van der Waals surface area contributed by atoms with Crippen LogP contribution in [0.2, 0.25) is 0 Å². The fraction of sp³-hybridized carbons (Fsp3) is 0.300. The van der Waals surface area contributed by atoms with E-state index in [1.807, 2.05) is 31.2 Å². The topological polar surface area (TPSA) is 64.6 Å². The number of rotatable bonds is 8. The van der Waals surface area contributed by atoms with Crippen molar-refractivity contribution in [2.75, 3.05) is 11.9 Å². The lowest BCUT2D eigenvalue weighted by Crippen LogP contribution is -2.30. The molecule has 0 aliphatic heterocycles. The average molecular weight is 359 g/mol. The highest BCUT2D eigenvalue weighted by Gasteiger charge is 2.17. The fourth-order valence-corrected chi connectivity index (χ4v) is 2.20. The van der Waals surface area contributed by atoms with Gasteiger partial charge in [0.1, 0.15) is 11.6 Å². The van der Waals surface area contributed by atoms with Crippen LogP contribution in [0.25, 0.3) is 0 Å². The monoisotopic (exact) mass is 359 g/mol. The first-order valence-corrected chi connectivity index (χ1v) is 8.39. The summed E-state index contributed by atoms with van der Waals surface area (Å²) in [5.74, 6) is -0.582. The second-order valence-electron chi connectivity index (χ2n) is 5.90. The molecule has 138 valence electrons. The molecule has 2 aromatic carbocycles. The highest BCUT2D eigenvalue weighted by Crippen LogP contribution is 2.13. The number of benzene rings is 2. The molecule has 5 nitrogen and oxygen atoms in total. The summed E-state index contributed by atoms with van der Waals surface area (Å²) >= 11 is 0. The third-order valence-electron chi connectivity index (χ3n) is 3.57. The molecule has 1 N–H and O–H groups in total. The summed E-state index contributed by atoms with van der Waals surface area (Å²) in [6.45, 7) is 3.84. The minimum absolute atomic E-state index is 0.153. The molecule has 0 aliphatic rings. The number of hydrogen-bond donors (Lipinski definition) is 1. The number of anilines is 1. The fourth-order valence-electron chi connectivity index (χ4n) is 2.20. The summed E-state index contributed by atoms with van der Waals surface area (Å²) in [6, 6.07) is 13.0. The Hall–Kier alpha value is -2.89. The number of carbonyl (C=O) groups is 2. The van der Waals surface area contributed by atoms with Gasteiger partial charge >= 0.3 is 5.97 Å². The first-order valence-electron chi connectivity index (χ1n) is 8.39. The molecule has 0 saturated carbocycles. The third kappa shape index (κ3) is 6.55. The molecule has 0 heterocycles. The van der Waals surface area contributed by atoms with Gasteiger partial charge in [0, 0.05) is 12.1 Å². The van der Waals surface area contributed by atoms with Crippen molar-refractivity contribution in [1.82, 2.24) is 0 Å². The number of halogens is 1. The zero-order valence-corrected chi connectivity index (χ0v) is 14.8. The van der Waals surface area contributed by atoms with Gasteiger partial charge in [-0.1, -0.05) is 12.1 Å². The van der Waals surface area contributed by atoms with Crippen molar-refractivity contribution in [2.24, 2.45) is 0 Å². The van der Waals surface area contributed by atoms with Gasteiger partial charge in [-0.2, -0.15) is 0 Å². The minimum Gasteiger partial charge on any atom is -0.494 e. The average Bonchev–Trinajstić information content (AvgIpc) is 2.60. The number of aryl methyl sites for hydroxylation is 1. The van der Waals surface area contributed by atoms with E-state index in [-0.39, 0.29) is 6.42 Å². The van der Waals surface area contributed by atoms with Gasteiger partial charge in [0.25, 0.3) is 5.91 Å². The lowest BCUT2D eigenvalue weighted by molar-refractivity contribution is -0.153. The summed E-state index contributed by atoms with van der Waals surface area (Å²) in [7, 11) is 0. The van der Waals surface area contributed by atoms with E-state index in [2.05, 4.69) is 5.32 Å². The van der Waals surface area contributed by atoms with Crippen LogP contribution < -0.4 is 10.1 Å². The second kappa shape index (κ2) is 9.56. The predicted molar refractivity (Wildman–Crippen MR) is 96.5 cm³/mol. The summed E-state index contributed by atoms with van der Waals surface area (Å²) < 4.78 is 23.5. The van der Waals surface area contributed by atoms with E-state index < -0.39 is 23.8 Å². The predicted octanol–water partition coefficient (Wildman–Crippen LogP) is 3.86. The van der Waals surface area contributed by atoms with Crippen LogP contribution in [0, 0.1) is 12.7 Å². The minimum atomic E-state index is -0.940. The molecule has 1 amide bonds. The first kappa shape index (κ1) is 19.4. The van der Waals surface area contributed by atoms with E-state index in [0.717, 1.165) is 11.3 Å². The van der Waals surface area contributed by atoms with Crippen LogP contribution >= 0.6 is 0 Å². The van der Waals surface area contributed by atoms with Crippen molar-refractivity contribution in [3.63, 3.8) is 0 Å². The maximum atomic E-state index is 12.8. The summed E-state index contributed by atoms with van der Waals surface area (Å²) in [6.07, 6.45) is -0.302. The molecular formula is C20H22FNO4. The van der Waals surface area contributed by atoms with Gasteiger partial charge in [-0.25, -0.2) is 4.39 Å². The zero-order valence-electron chi connectivity index (χ0n) is 14.8. The highest BCUT2D eigenvalue weighted by molar-refractivity contribution is 5.95. The van der Waals surface area contributed by atoms with E-state index in [9.17, 15) is 14.0 Å². The largest absolute Gasteiger partial charge is 0.494 e. The van der Waals surface area contributed by atoms with Gasteiger partial charge in [0.2, 0.25) is 0 Å². The number of ether oxygens (including phenoxy) is 2. The van der Waals surface area contributed by atoms with E-state index >= 15 is 0 Å². The van der Waals surface area contributed by atoms with Crippen LogP contribution in [0.5, 0.6) is 5.75 Å². The molecule has 0 fully saturated rings. The Bertz CT molecular complexity index is 746. The van der Waals surface area contributed by atoms with E-state index in [0.29, 0.717) is 18.7 Å². The standard InChI is InChI=1S/C20H22FNO4/c1-14-5-3-6-18(13-14)25-12-4-7-19(23)26-15(2)20(24)22-17-10-8-16(21)9-11-17/h3,5-6,8-11,13,15H,4,7,12H2,1-2H3,(H,22,24)/t15-/m0/s1. The van der Waals surface area contributed by atoms with Crippen molar-refractivity contribution in [3.8, 4) is 5.75 Å². The lowest BCUT2D eigenvalue weighted by Gasteiger charge is -2.13. The van der Waals surface area contributed by atoms with Crippen LogP contribution in [0.3, 0.4) is 0 Å². The molecule has 0 bridgehead atoms. The number of esters is 1. The Morgan fingerprint density at radius 1 is 1.15 bits per heavy atom. The van der Waals surface area contributed by atoms with Crippen molar-refractivity contribution < 1.29 is 23.5 Å². The molecule has 2 rings (SSSR count). The maximum absolute atomic E-state index is 12.8. The summed E-state index contributed by atoms with van der Waals surface area (Å²) in [5.41, 5.74) is 1.54. The number of carbonyl (C=O) groups excluding carboxylic acids is 2. The van der Waals surface area contributed by atoms with Gasteiger partial charge in [-0.05, 0) is 62.2 Å². The summed E-state index contributed by atoms with van der Waals surface area (Å²) in [4.78, 5) is 23.8. The van der Waals surface area contributed by atoms with E-state index in [4.69, 9.17) is 9.47 Å². The summed E-state index contributed by atoms with van der Waals surface area (Å²) in [5, 5.41) is 2.56. The van der Waals surface area contributed by atoms with Gasteiger partial charge in [0.05, 0.1) is 6.61 Å². The van der Waals surface area contributed by atoms with Crippen LogP contribution in [0.1, 0.15) is 25.3 Å². The van der Waals surface area contributed by atoms with Gasteiger partial charge in [-0.15, -0.1) is 0 Å². The molecule has 0 aliphatic carbocycles. The normalized spacial score (nSPS) is 11.5. The van der Waals surface area contributed by atoms with Crippen molar-refractivity contribution in [2.45, 2.75) is 32.8 Å². The smallest absolute Gasteiger partial charge is 0.306 e. The zero-order chi connectivity index (χ0) is 18.9. The van der Waals surface area contributed by atoms with Crippen molar-refractivity contribution in [3.05, 3.63) is 59.9 Å². The molecule has 1 atom stereocenters. The van der Waals surface area contributed by atoms with Crippen molar-refractivity contribution >= 4 is 17.6 Å². The van der Waals surface area contributed by atoms with Gasteiger partial charge in [-0.3, -0.25) is 9.59 Å². The Labute approximate surface area is 152 Å². The maximum Gasteiger partial charge on any atom is 0.306 e. The number of nitrogens with one attached hydrogen (secondary N) is 1. The van der Waals surface area contributed by atoms with Gasteiger partial charge in [0.15, 0.2) is 6.10 Å². The van der Waals surface area contributed by atoms with Crippen molar-refractivity contribution in [1.29, 1.82) is 0 Å². The first-order chi connectivity index (χ1) is 12.4. The molecule has 0 aromatic heterocycles. The highest BCUT2D eigenvalue weighted by atomic mass is 19.1. The Balaban J connectivity index is 1.67.